The van der Waals surface area contributed by atoms with Gasteiger partial charge in [-0.2, -0.15) is 0 Å². The van der Waals surface area contributed by atoms with Gasteiger partial charge in [0, 0.05) is 12.6 Å². The Hall–Kier alpha value is -1.10. The second-order valence-electron chi connectivity index (χ2n) is 7.23. The molecule has 1 aliphatic carbocycles. The van der Waals surface area contributed by atoms with Crippen LogP contribution in [0, 0.1) is 11.8 Å². The van der Waals surface area contributed by atoms with Crippen molar-refractivity contribution in [1.82, 2.24) is 15.5 Å². The summed E-state index contributed by atoms with van der Waals surface area (Å²) < 4.78 is 0. The molecule has 0 radical (unpaired) electrons. The third kappa shape index (κ3) is 3.51. The topological polar surface area (TPSA) is 61.4 Å². The van der Waals surface area contributed by atoms with E-state index in [-0.39, 0.29) is 29.9 Å². The molecule has 5 heteroatoms. The van der Waals surface area contributed by atoms with Crippen molar-refractivity contribution in [3.8, 4) is 0 Å². The molecule has 3 atom stereocenters. The summed E-state index contributed by atoms with van der Waals surface area (Å²) in [6, 6.07) is -0.0880. The van der Waals surface area contributed by atoms with Gasteiger partial charge in [-0.1, -0.05) is 6.42 Å². The Morgan fingerprint density at radius 2 is 2.00 bits per heavy atom. The molecule has 2 N–H and O–H groups in total. The van der Waals surface area contributed by atoms with E-state index in [4.69, 9.17) is 0 Å². The molecule has 2 amide bonds. The van der Waals surface area contributed by atoms with Gasteiger partial charge in [0.25, 0.3) is 0 Å². The summed E-state index contributed by atoms with van der Waals surface area (Å²) >= 11 is 0. The first-order valence-corrected chi connectivity index (χ1v) is 7.57. The second kappa shape index (κ2) is 5.72. The second-order valence-corrected chi connectivity index (χ2v) is 7.23. The van der Waals surface area contributed by atoms with E-state index in [0.717, 1.165) is 13.0 Å². The van der Waals surface area contributed by atoms with Crippen LogP contribution in [0.2, 0.25) is 0 Å². The molecule has 1 saturated heterocycles. The molecule has 2 aliphatic rings. The summed E-state index contributed by atoms with van der Waals surface area (Å²) in [7, 11) is 1.72. The summed E-state index contributed by atoms with van der Waals surface area (Å²) in [6.07, 6.45) is 3.60. The molecule has 2 rings (SSSR count). The molecule has 1 aliphatic heterocycles. The van der Waals surface area contributed by atoms with Gasteiger partial charge in [-0.3, -0.25) is 9.59 Å². The minimum Gasteiger partial charge on any atom is -0.350 e. The fourth-order valence-corrected chi connectivity index (χ4v) is 3.45. The van der Waals surface area contributed by atoms with Crippen molar-refractivity contribution < 1.29 is 9.59 Å². The largest absolute Gasteiger partial charge is 0.350 e. The predicted octanol–water partition coefficient (Wildman–Crippen LogP) is 0.748. The van der Waals surface area contributed by atoms with E-state index in [1.807, 2.05) is 20.8 Å². The first kappa shape index (κ1) is 15.3. The van der Waals surface area contributed by atoms with E-state index >= 15 is 0 Å². The third-order valence-corrected chi connectivity index (χ3v) is 4.28. The molecule has 0 bridgehead atoms. The number of amides is 2. The number of hydrogen-bond donors (Lipinski definition) is 2. The molecular weight excluding hydrogens is 254 g/mol. The van der Waals surface area contributed by atoms with Crippen LogP contribution >= 0.6 is 0 Å². The first-order valence-electron chi connectivity index (χ1n) is 7.57. The molecule has 0 spiro atoms. The molecule has 0 aromatic carbocycles. The highest BCUT2D eigenvalue weighted by atomic mass is 16.2. The van der Waals surface area contributed by atoms with Crippen molar-refractivity contribution >= 4 is 11.8 Å². The van der Waals surface area contributed by atoms with Crippen LogP contribution in [-0.2, 0) is 9.59 Å². The van der Waals surface area contributed by atoms with E-state index in [0.29, 0.717) is 11.8 Å². The summed E-state index contributed by atoms with van der Waals surface area (Å²) in [4.78, 5) is 25.9. The first-order chi connectivity index (χ1) is 9.28. The van der Waals surface area contributed by atoms with Crippen molar-refractivity contribution in [3.05, 3.63) is 0 Å². The Labute approximate surface area is 121 Å². The number of carbonyl (C=O) groups excluding carboxylic acids is 2. The predicted molar refractivity (Wildman–Crippen MR) is 78.2 cm³/mol. The standard InChI is InChI=1S/C15H27N3O2/c1-15(2,3)17-12(19)9-18(4)14(20)13-11-7-5-6-10(11)8-16-13/h10-11,13,16H,5-9H2,1-4H3,(H,17,19). The normalized spacial score (nSPS) is 29.1. The molecule has 0 aromatic rings. The molecule has 114 valence electrons. The zero-order valence-electron chi connectivity index (χ0n) is 13.0. The van der Waals surface area contributed by atoms with E-state index in [1.54, 1.807) is 11.9 Å². The van der Waals surface area contributed by atoms with Gasteiger partial charge in [-0.15, -0.1) is 0 Å². The number of hydrogen-bond acceptors (Lipinski definition) is 3. The number of fused-ring (bicyclic) bond motifs is 1. The van der Waals surface area contributed by atoms with Gasteiger partial charge in [-0.05, 0) is 52.0 Å². The van der Waals surface area contributed by atoms with Gasteiger partial charge < -0.3 is 15.5 Å². The van der Waals surface area contributed by atoms with E-state index in [9.17, 15) is 9.59 Å². The van der Waals surface area contributed by atoms with Crippen LogP contribution in [0.15, 0.2) is 0 Å². The van der Waals surface area contributed by atoms with Gasteiger partial charge in [0.1, 0.15) is 0 Å². The van der Waals surface area contributed by atoms with E-state index in [2.05, 4.69) is 10.6 Å². The smallest absolute Gasteiger partial charge is 0.240 e. The fraction of sp³-hybridized carbons (Fsp3) is 0.867. The van der Waals surface area contributed by atoms with Crippen LogP contribution in [0.3, 0.4) is 0 Å². The van der Waals surface area contributed by atoms with Crippen molar-refractivity contribution in [2.24, 2.45) is 11.8 Å². The zero-order valence-corrected chi connectivity index (χ0v) is 13.0. The van der Waals surface area contributed by atoms with Crippen molar-refractivity contribution in [3.63, 3.8) is 0 Å². The summed E-state index contributed by atoms with van der Waals surface area (Å²) in [5.74, 6) is 1.08. The maximum Gasteiger partial charge on any atom is 0.240 e. The molecule has 20 heavy (non-hydrogen) atoms. The maximum atomic E-state index is 12.5. The molecule has 2 fully saturated rings. The van der Waals surface area contributed by atoms with Gasteiger partial charge in [0.05, 0.1) is 12.6 Å². The highest BCUT2D eigenvalue weighted by molar-refractivity contribution is 5.88. The third-order valence-electron chi connectivity index (χ3n) is 4.28. The molecule has 5 nitrogen and oxygen atoms in total. The van der Waals surface area contributed by atoms with Crippen molar-refractivity contribution in [2.75, 3.05) is 20.1 Å². The highest BCUT2D eigenvalue weighted by Crippen LogP contribution is 2.38. The van der Waals surface area contributed by atoms with Crippen LogP contribution in [-0.4, -0.2) is 48.4 Å². The maximum absolute atomic E-state index is 12.5. The number of nitrogens with one attached hydrogen (secondary N) is 2. The lowest BCUT2D eigenvalue weighted by atomic mass is 9.93. The minimum atomic E-state index is -0.261. The Bertz CT molecular complexity index is 389. The monoisotopic (exact) mass is 281 g/mol. The van der Waals surface area contributed by atoms with Crippen LogP contribution < -0.4 is 10.6 Å². The Morgan fingerprint density at radius 3 is 2.65 bits per heavy atom. The number of rotatable bonds is 3. The van der Waals surface area contributed by atoms with Crippen LogP contribution in [0.4, 0.5) is 0 Å². The Morgan fingerprint density at radius 1 is 1.30 bits per heavy atom. The minimum absolute atomic E-state index is 0.0588. The van der Waals surface area contributed by atoms with Crippen LogP contribution in [0.5, 0.6) is 0 Å². The SMILES string of the molecule is CN(CC(=O)NC(C)(C)C)C(=O)C1NCC2CCCC21. The lowest BCUT2D eigenvalue weighted by Crippen LogP contribution is -2.50. The summed E-state index contributed by atoms with van der Waals surface area (Å²) in [5, 5.41) is 6.23. The van der Waals surface area contributed by atoms with Gasteiger partial charge in [0.15, 0.2) is 0 Å². The summed E-state index contributed by atoms with van der Waals surface area (Å²) in [5.41, 5.74) is -0.261. The van der Waals surface area contributed by atoms with Crippen molar-refractivity contribution in [2.45, 2.75) is 51.6 Å². The average molecular weight is 281 g/mol. The highest BCUT2D eigenvalue weighted by Gasteiger charge is 2.43. The fourth-order valence-electron chi connectivity index (χ4n) is 3.45. The van der Waals surface area contributed by atoms with Crippen LogP contribution in [0.25, 0.3) is 0 Å². The number of likely N-dealkylation sites (N-methyl/N-ethyl adjacent to an activating group) is 1. The average Bonchev–Trinajstić information content (AvgIpc) is 2.86. The molecule has 3 unspecified atom stereocenters. The Kier molecular flexibility index (Phi) is 4.37. The summed E-state index contributed by atoms with van der Waals surface area (Å²) in [6.45, 7) is 6.89. The van der Waals surface area contributed by atoms with Gasteiger partial charge in [-0.25, -0.2) is 0 Å². The van der Waals surface area contributed by atoms with Crippen molar-refractivity contribution in [1.29, 1.82) is 0 Å². The molecular formula is C15H27N3O2. The molecule has 1 saturated carbocycles. The quantitative estimate of drug-likeness (QED) is 0.802. The number of nitrogens with zero attached hydrogens (tertiary/aromatic N) is 1. The van der Waals surface area contributed by atoms with Crippen LogP contribution in [0.1, 0.15) is 40.0 Å². The zero-order chi connectivity index (χ0) is 14.9. The van der Waals surface area contributed by atoms with Gasteiger partial charge in [0.2, 0.25) is 11.8 Å². The number of carbonyl (C=O) groups is 2. The van der Waals surface area contributed by atoms with Gasteiger partial charge >= 0.3 is 0 Å². The molecule has 0 aromatic heterocycles. The van der Waals surface area contributed by atoms with E-state index < -0.39 is 0 Å². The molecule has 1 heterocycles. The lowest BCUT2D eigenvalue weighted by Gasteiger charge is -2.26. The van der Waals surface area contributed by atoms with E-state index in [1.165, 1.54) is 12.8 Å². The Balaban J connectivity index is 1.87. The lowest BCUT2D eigenvalue weighted by molar-refractivity contribution is -0.137.